The maximum absolute atomic E-state index is 12.1. The van der Waals surface area contributed by atoms with Gasteiger partial charge in [0.25, 0.3) is 6.43 Å². The summed E-state index contributed by atoms with van der Waals surface area (Å²) in [6.45, 7) is -0.517. The van der Waals surface area contributed by atoms with Gasteiger partial charge in [0.2, 0.25) is 5.88 Å². The molecule has 0 radical (unpaired) electrons. The number of aliphatic imine (C=N–C) groups is 1. The second-order valence-corrected chi connectivity index (χ2v) is 4.70. The highest BCUT2D eigenvalue weighted by molar-refractivity contribution is 5.93. The third-order valence-electron chi connectivity index (χ3n) is 2.92. The Bertz CT molecular complexity index is 695. The predicted molar refractivity (Wildman–Crippen MR) is 87.7 cm³/mol. The highest BCUT2D eigenvalue weighted by Gasteiger charge is 2.06. The third-order valence-corrected chi connectivity index (χ3v) is 2.92. The van der Waals surface area contributed by atoms with Crippen molar-refractivity contribution in [3.63, 3.8) is 0 Å². The molecule has 2 aromatic rings. The van der Waals surface area contributed by atoms with E-state index in [0.29, 0.717) is 17.1 Å². The molecule has 0 saturated carbocycles. The zero-order valence-electron chi connectivity index (χ0n) is 13.1. The number of ether oxygens (including phenoxy) is 2. The first-order valence-corrected chi connectivity index (χ1v) is 7.15. The van der Waals surface area contributed by atoms with Crippen LogP contribution in [0.4, 0.5) is 14.5 Å². The number of rotatable bonds is 7. The molecule has 2 rings (SSSR count). The first-order chi connectivity index (χ1) is 11.6. The molecule has 1 heterocycles. The smallest absolute Gasteiger partial charge is 0.272 e. The van der Waals surface area contributed by atoms with Crippen molar-refractivity contribution in [2.24, 2.45) is 10.7 Å². The average molecular weight is 336 g/mol. The fraction of sp³-hybridized carbons (Fsp3) is 0.250. The van der Waals surface area contributed by atoms with Gasteiger partial charge < -0.3 is 20.5 Å². The summed E-state index contributed by atoms with van der Waals surface area (Å²) >= 11 is 0. The summed E-state index contributed by atoms with van der Waals surface area (Å²) in [6.07, 6.45) is -2.55. The Morgan fingerprint density at radius 1 is 1.25 bits per heavy atom. The number of anilines is 1. The van der Waals surface area contributed by atoms with Crippen molar-refractivity contribution in [1.82, 2.24) is 4.98 Å². The van der Waals surface area contributed by atoms with E-state index in [1.807, 2.05) is 12.1 Å². The van der Waals surface area contributed by atoms with Crippen LogP contribution in [0.3, 0.4) is 0 Å². The van der Waals surface area contributed by atoms with E-state index < -0.39 is 13.0 Å². The number of nitrogens with one attached hydrogen (secondary N) is 1. The number of methoxy groups -OCH3 is 1. The lowest BCUT2D eigenvalue weighted by Crippen LogP contribution is -2.23. The molecule has 0 aliphatic rings. The fourth-order valence-electron chi connectivity index (χ4n) is 1.87. The highest BCUT2D eigenvalue weighted by Crippen LogP contribution is 2.22. The summed E-state index contributed by atoms with van der Waals surface area (Å²) in [7, 11) is 1.56. The number of para-hydroxylation sites is 2. The monoisotopic (exact) mass is 336 g/mol. The highest BCUT2D eigenvalue weighted by atomic mass is 19.3. The minimum Gasteiger partial charge on any atom is -0.495 e. The van der Waals surface area contributed by atoms with Crippen molar-refractivity contribution in [2.75, 3.05) is 19.0 Å². The lowest BCUT2D eigenvalue weighted by molar-refractivity contribution is 0.0795. The Morgan fingerprint density at radius 2 is 2.04 bits per heavy atom. The molecular weight excluding hydrogens is 318 g/mol. The maximum Gasteiger partial charge on any atom is 0.272 e. The Labute approximate surface area is 138 Å². The van der Waals surface area contributed by atoms with Crippen molar-refractivity contribution >= 4 is 11.6 Å². The van der Waals surface area contributed by atoms with E-state index in [1.165, 1.54) is 6.07 Å². The molecule has 1 aromatic carbocycles. The summed E-state index contributed by atoms with van der Waals surface area (Å²) in [5, 5.41) is 2.93. The van der Waals surface area contributed by atoms with Gasteiger partial charge in [-0.05, 0) is 18.2 Å². The van der Waals surface area contributed by atoms with E-state index in [9.17, 15) is 8.78 Å². The number of halogens is 2. The van der Waals surface area contributed by atoms with Crippen LogP contribution in [-0.4, -0.2) is 31.1 Å². The van der Waals surface area contributed by atoms with Gasteiger partial charge in [0.15, 0.2) is 12.6 Å². The summed E-state index contributed by atoms with van der Waals surface area (Å²) in [6, 6.07) is 12.1. The summed E-state index contributed by atoms with van der Waals surface area (Å²) in [5.74, 6) is 0.940. The van der Waals surface area contributed by atoms with E-state index in [4.69, 9.17) is 15.2 Å². The first-order valence-electron chi connectivity index (χ1n) is 7.15. The molecular formula is C16H18F2N4O2. The van der Waals surface area contributed by atoms with Crippen LogP contribution in [0, 0.1) is 0 Å². The van der Waals surface area contributed by atoms with Crippen LogP contribution >= 0.6 is 0 Å². The molecule has 0 spiro atoms. The SMILES string of the molecule is COc1ccccc1NC(N)=NCc1cccc(OCC(F)F)n1. The quantitative estimate of drug-likeness (QED) is 0.600. The molecule has 0 fully saturated rings. The largest absolute Gasteiger partial charge is 0.495 e. The Kier molecular flexibility index (Phi) is 6.30. The molecule has 0 amide bonds. The van der Waals surface area contributed by atoms with Crippen LogP contribution in [0.25, 0.3) is 0 Å². The normalized spacial score (nSPS) is 11.4. The minimum atomic E-state index is -2.55. The van der Waals surface area contributed by atoms with Crippen LogP contribution in [-0.2, 0) is 6.54 Å². The Hall–Kier alpha value is -2.90. The summed E-state index contributed by atoms with van der Waals surface area (Å²) < 4.78 is 34.3. The molecule has 0 aliphatic heterocycles. The molecule has 0 aliphatic carbocycles. The van der Waals surface area contributed by atoms with E-state index in [-0.39, 0.29) is 18.4 Å². The van der Waals surface area contributed by atoms with Crippen LogP contribution < -0.4 is 20.5 Å². The van der Waals surface area contributed by atoms with Crippen LogP contribution in [0.1, 0.15) is 5.69 Å². The molecule has 0 bridgehead atoms. The van der Waals surface area contributed by atoms with Gasteiger partial charge >= 0.3 is 0 Å². The van der Waals surface area contributed by atoms with E-state index in [2.05, 4.69) is 15.3 Å². The molecule has 8 heteroatoms. The van der Waals surface area contributed by atoms with Gasteiger partial charge in [-0.2, -0.15) is 0 Å². The standard InChI is InChI=1S/C16H18F2N4O2/c1-23-13-7-3-2-6-12(13)22-16(19)20-9-11-5-4-8-15(21-11)24-10-14(17)18/h2-8,14H,9-10H2,1H3,(H3,19,20,22). The van der Waals surface area contributed by atoms with E-state index >= 15 is 0 Å². The van der Waals surface area contributed by atoms with Gasteiger partial charge in [0.1, 0.15) is 5.75 Å². The van der Waals surface area contributed by atoms with E-state index in [0.717, 1.165) is 0 Å². The van der Waals surface area contributed by atoms with Gasteiger partial charge in [-0.1, -0.05) is 18.2 Å². The molecule has 3 N–H and O–H groups in total. The van der Waals surface area contributed by atoms with Crippen molar-refractivity contribution < 1.29 is 18.3 Å². The van der Waals surface area contributed by atoms with Crippen molar-refractivity contribution in [3.05, 3.63) is 48.2 Å². The number of benzene rings is 1. The van der Waals surface area contributed by atoms with Crippen molar-refractivity contribution in [2.45, 2.75) is 13.0 Å². The number of hydrogen-bond donors (Lipinski definition) is 2. The lowest BCUT2D eigenvalue weighted by Gasteiger charge is -2.10. The second kappa shape index (κ2) is 8.66. The number of hydrogen-bond acceptors (Lipinski definition) is 4. The van der Waals surface area contributed by atoms with Gasteiger partial charge in [-0.25, -0.2) is 18.8 Å². The fourth-order valence-corrected chi connectivity index (χ4v) is 1.87. The molecule has 1 aromatic heterocycles. The van der Waals surface area contributed by atoms with E-state index in [1.54, 1.807) is 31.4 Å². The molecule has 6 nitrogen and oxygen atoms in total. The first kappa shape index (κ1) is 17.5. The zero-order valence-corrected chi connectivity index (χ0v) is 13.1. The summed E-state index contributed by atoms with van der Waals surface area (Å²) in [5.41, 5.74) is 7.07. The summed E-state index contributed by atoms with van der Waals surface area (Å²) in [4.78, 5) is 8.25. The minimum absolute atomic E-state index is 0.124. The molecule has 0 unspecified atom stereocenters. The van der Waals surface area contributed by atoms with Gasteiger partial charge in [0.05, 0.1) is 25.0 Å². The van der Waals surface area contributed by atoms with Crippen molar-refractivity contribution in [3.8, 4) is 11.6 Å². The topological polar surface area (TPSA) is 81.8 Å². The predicted octanol–water partition coefficient (Wildman–Crippen LogP) is 2.66. The molecule has 128 valence electrons. The number of nitrogens with two attached hydrogens (primary N) is 1. The second-order valence-electron chi connectivity index (χ2n) is 4.70. The maximum atomic E-state index is 12.1. The molecule has 24 heavy (non-hydrogen) atoms. The van der Waals surface area contributed by atoms with Crippen LogP contribution in [0.15, 0.2) is 47.5 Å². The van der Waals surface area contributed by atoms with Crippen LogP contribution in [0.5, 0.6) is 11.6 Å². The Morgan fingerprint density at radius 3 is 2.79 bits per heavy atom. The van der Waals surface area contributed by atoms with Crippen LogP contribution in [0.2, 0.25) is 0 Å². The Balaban J connectivity index is 1.98. The number of pyridine rings is 1. The number of nitrogens with zero attached hydrogens (tertiary/aromatic N) is 2. The van der Waals surface area contributed by atoms with Gasteiger partial charge in [-0.15, -0.1) is 0 Å². The number of alkyl halides is 2. The molecule has 0 saturated heterocycles. The lowest BCUT2D eigenvalue weighted by atomic mass is 10.3. The van der Waals surface area contributed by atoms with Crippen molar-refractivity contribution in [1.29, 1.82) is 0 Å². The number of aromatic nitrogens is 1. The van der Waals surface area contributed by atoms with Gasteiger partial charge in [-0.3, -0.25) is 0 Å². The third kappa shape index (κ3) is 5.38. The molecule has 0 atom stereocenters. The van der Waals surface area contributed by atoms with Gasteiger partial charge in [0, 0.05) is 6.07 Å². The zero-order chi connectivity index (χ0) is 17.4. The average Bonchev–Trinajstić information content (AvgIpc) is 2.59. The number of guanidine groups is 1.